The van der Waals surface area contributed by atoms with Crippen LogP contribution in [0.3, 0.4) is 0 Å². The van der Waals surface area contributed by atoms with Crippen LogP contribution in [-0.2, 0) is 11.2 Å². The van der Waals surface area contributed by atoms with E-state index in [1.54, 1.807) is 0 Å². The molecule has 1 aromatic heterocycles. The van der Waals surface area contributed by atoms with Gasteiger partial charge in [0, 0.05) is 6.04 Å². The summed E-state index contributed by atoms with van der Waals surface area (Å²) in [6, 6.07) is 18.7. The lowest BCUT2D eigenvalue weighted by atomic mass is 9.92. The van der Waals surface area contributed by atoms with Gasteiger partial charge in [-0.25, -0.2) is 0 Å². The van der Waals surface area contributed by atoms with Gasteiger partial charge in [0.25, 0.3) is 11.5 Å². The fourth-order valence-corrected chi connectivity index (χ4v) is 3.70. The normalized spacial score (nSPS) is 15.3. The summed E-state index contributed by atoms with van der Waals surface area (Å²) in [5.41, 5.74) is 1.88. The average molecular weight is 406 g/mol. The minimum absolute atomic E-state index is 0.121. The molecular formula is C23H22N2O5. The Bertz CT molecular complexity index is 1090. The van der Waals surface area contributed by atoms with E-state index in [9.17, 15) is 19.5 Å². The zero-order valence-electron chi connectivity index (χ0n) is 16.3. The number of hydrogen-bond acceptors (Lipinski definition) is 4. The number of carbonyl (C=O) groups is 2. The Kier molecular flexibility index (Phi) is 5.27. The second-order valence-corrected chi connectivity index (χ2v) is 7.80. The van der Waals surface area contributed by atoms with Crippen LogP contribution in [0.25, 0.3) is 11.1 Å². The summed E-state index contributed by atoms with van der Waals surface area (Å²) < 4.78 is 4.87. The van der Waals surface area contributed by atoms with Crippen molar-refractivity contribution >= 4 is 11.9 Å². The molecule has 1 aliphatic carbocycles. The molecule has 1 amide bonds. The van der Waals surface area contributed by atoms with Crippen LogP contribution in [0.15, 0.2) is 70.0 Å². The van der Waals surface area contributed by atoms with Gasteiger partial charge in [-0.05, 0) is 42.4 Å². The molecule has 4 rings (SSSR count). The van der Waals surface area contributed by atoms with Crippen LogP contribution in [0.2, 0.25) is 0 Å². The maximum absolute atomic E-state index is 12.5. The van der Waals surface area contributed by atoms with E-state index in [1.165, 1.54) is 0 Å². The molecule has 0 spiro atoms. The molecule has 1 atom stereocenters. The maximum atomic E-state index is 12.5. The first-order chi connectivity index (χ1) is 14.4. The lowest BCUT2D eigenvalue weighted by molar-refractivity contribution is -0.143. The number of amides is 1. The van der Waals surface area contributed by atoms with E-state index in [-0.39, 0.29) is 5.76 Å². The zero-order valence-corrected chi connectivity index (χ0v) is 16.3. The molecule has 0 bridgehead atoms. The Labute approximate surface area is 172 Å². The van der Waals surface area contributed by atoms with Gasteiger partial charge >= 0.3 is 5.97 Å². The first-order valence-corrected chi connectivity index (χ1v) is 9.82. The van der Waals surface area contributed by atoms with E-state index in [0.717, 1.165) is 22.8 Å². The minimum Gasteiger partial charge on any atom is -0.481 e. The number of hydrogen-bond donors (Lipinski definition) is 3. The van der Waals surface area contributed by atoms with Gasteiger partial charge in [-0.1, -0.05) is 54.6 Å². The summed E-state index contributed by atoms with van der Waals surface area (Å²) in [5, 5.41) is 14.5. The highest BCUT2D eigenvalue weighted by Gasteiger charge is 2.51. The molecule has 3 aromatic rings. The smallest absolute Gasteiger partial charge is 0.309 e. The highest BCUT2D eigenvalue weighted by Crippen LogP contribution is 2.50. The molecule has 3 N–H and O–H groups in total. The van der Waals surface area contributed by atoms with Gasteiger partial charge < -0.3 is 14.9 Å². The number of aromatic amines is 1. The van der Waals surface area contributed by atoms with Crippen molar-refractivity contribution in [2.75, 3.05) is 0 Å². The number of aliphatic carboxylic acids is 1. The third kappa shape index (κ3) is 4.35. The predicted molar refractivity (Wildman–Crippen MR) is 110 cm³/mol. The molecule has 1 unspecified atom stereocenters. The van der Waals surface area contributed by atoms with E-state index in [2.05, 4.69) is 10.5 Å². The van der Waals surface area contributed by atoms with Crippen molar-refractivity contribution in [3.63, 3.8) is 0 Å². The Morgan fingerprint density at radius 3 is 2.30 bits per heavy atom. The number of H-pyrrole nitrogens is 1. The lowest BCUT2D eigenvalue weighted by Crippen LogP contribution is -2.39. The highest BCUT2D eigenvalue weighted by atomic mass is 16.5. The summed E-state index contributed by atoms with van der Waals surface area (Å²) in [4.78, 5) is 35.4. The summed E-state index contributed by atoms with van der Waals surface area (Å²) in [6.45, 7) is 0. The highest BCUT2D eigenvalue weighted by molar-refractivity contribution is 5.91. The summed E-state index contributed by atoms with van der Waals surface area (Å²) >= 11 is 0. The van der Waals surface area contributed by atoms with E-state index < -0.39 is 28.9 Å². The Hall–Kier alpha value is -3.61. The van der Waals surface area contributed by atoms with E-state index in [4.69, 9.17) is 4.52 Å². The third-order valence-corrected chi connectivity index (χ3v) is 5.57. The molecule has 30 heavy (non-hydrogen) atoms. The lowest BCUT2D eigenvalue weighted by Gasteiger charge is -2.22. The van der Waals surface area contributed by atoms with E-state index in [1.807, 2.05) is 54.6 Å². The fraction of sp³-hybridized carbons (Fsp3) is 0.261. The second kappa shape index (κ2) is 8.02. The molecule has 1 fully saturated rings. The van der Waals surface area contributed by atoms with Crippen molar-refractivity contribution in [2.45, 2.75) is 31.7 Å². The molecule has 0 aliphatic heterocycles. The third-order valence-electron chi connectivity index (χ3n) is 5.57. The number of benzene rings is 2. The molecule has 154 valence electrons. The van der Waals surface area contributed by atoms with Gasteiger partial charge in [-0.3, -0.25) is 14.4 Å². The van der Waals surface area contributed by atoms with Crippen molar-refractivity contribution < 1.29 is 19.2 Å². The number of carboxylic acids is 1. The first-order valence-electron chi connectivity index (χ1n) is 9.82. The zero-order chi connectivity index (χ0) is 21.1. The van der Waals surface area contributed by atoms with Crippen LogP contribution in [0.5, 0.6) is 0 Å². The molecule has 2 aromatic carbocycles. The van der Waals surface area contributed by atoms with Crippen molar-refractivity contribution in [3.05, 3.63) is 82.3 Å². The van der Waals surface area contributed by atoms with Gasteiger partial charge in [0.1, 0.15) is 0 Å². The van der Waals surface area contributed by atoms with Crippen molar-refractivity contribution in [3.8, 4) is 11.1 Å². The summed E-state index contributed by atoms with van der Waals surface area (Å²) in [5.74, 6) is -1.50. The Morgan fingerprint density at radius 1 is 1.07 bits per heavy atom. The standard InChI is InChI=1S/C23H22N2O5/c26-20-13-19(30-25-20)21(27)24-18(14-23(10-11-23)22(28)29)12-15-6-8-17(9-7-15)16-4-2-1-3-5-16/h1-9,13,18H,10-12,14H2,(H,24,27)(H,25,26)(H,28,29). The topological polar surface area (TPSA) is 112 Å². The number of rotatable bonds is 8. The van der Waals surface area contributed by atoms with Crippen LogP contribution in [0.4, 0.5) is 0 Å². The Balaban J connectivity index is 1.51. The Morgan fingerprint density at radius 2 is 1.73 bits per heavy atom. The molecule has 1 aliphatic rings. The molecular weight excluding hydrogens is 384 g/mol. The van der Waals surface area contributed by atoms with Gasteiger partial charge in [-0.15, -0.1) is 0 Å². The van der Waals surface area contributed by atoms with Crippen molar-refractivity contribution in [2.24, 2.45) is 5.41 Å². The van der Waals surface area contributed by atoms with Crippen LogP contribution in [-0.4, -0.2) is 28.2 Å². The quantitative estimate of drug-likeness (QED) is 0.532. The van der Waals surface area contributed by atoms with Crippen LogP contribution in [0, 0.1) is 5.41 Å². The monoisotopic (exact) mass is 406 g/mol. The van der Waals surface area contributed by atoms with Crippen LogP contribution < -0.4 is 10.9 Å². The number of nitrogens with one attached hydrogen (secondary N) is 2. The van der Waals surface area contributed by atoms with Crippen LogP contribution in [0.1, 0.15) is 35.4 Å². The van der Waals surface area contributed by atoms with Gasteiger partial charge in [0.15, 0.2) is 0 Å². The summed E-state index contributed by atoms with van der Waals surface area (Å²) in [6.07, 6.45) is 2.00. The van der Waals surface area contributed by atoms with Crippen molar-refractivity contribution in [1.82, 2.24) is 10.5 Å². The number of carboxylic acid groups (broad SMARTS) is 1. The molecule has 1 heterocycles. The molecule has 0 radical (unpaired) electrons. The summed E-state index contributed by atoms with van der Waals surface area (Å²) in [7, 11) is 0. The van der Waals surface area contributed by atoms with E-state index in [0.29, 0.717) is 25.7 Å². The first kappa shape index (κ1) is 19.7. The predicted octanol–water partition coefficient (Wildman–Crippen LogP) is 3.23. The molecule has 7 nitrogen and oxygen atoms in total. The fourth-order valence-electron chi connectivity index (χ4n) is 3.70. The second-order valence-electron chi connectivity index (χ2n) is 7.80. The van der Waals surface area contributed by atoms with Gasteiger partial charge in [-0.2, -0.15) is 5.16 Å². The van der Waals surface area contributed by atoms with Gasteiger partial charge in [0.05, 0.1) is 11.5 Å². The number of aromatic nitrogens is 1. The van der Waals surface area contributed by atoms with Crippen LogP contribution >= 0.6 is 0 Å². The molecule has 1 saturated carbocycles. The maximum Gasteiger partial charge on any atom is 0.309 e. The molecule has 0 saturated heterocycles. The van der Waals surface area contributed by atoms with Crippen molar-refractivity contribution in [1.29, 1.82) is 0 Å². The minimum atomic E-state index is -0.839. The number of carbonyl (C=O) groups excluding carboxylic acids is 1. The van der Waals surface area contributed by atoms with Gasteiger partial charge in [0.2, 0.25) is 5.76 Å². The molecule has 7 heteroatoms. The van der Waals surface area contributed by atoms with E-state index >= 15 is 0 Å². The largest absolute Gasteiger partial charge is 0.481 e. The SMILES string of the molecule is O=C(NC(Cc1ccc(-c2ccccc2)cc1)CC1(C(=O)O)CC1)c1cc(=O)[nH]o1. The average Bonchev–Trinajstić information content (AvgIpc) is 3.40.